The van der Waals surface area contributed by atoms with E-state index in [9.17, 15) is 9.59 Å². The molecule has 0 heterocycles. The van der Waals surface area contributed by atoms with E-state index in [4.69, 9.17) is 9.47 Å². The van der Waals surface area contributed by atoms with Crippen molar-refractivity contribution in [2.75, 3.05) is 33.4 Å². The number of hydrogen-bond acceptors (Lipinski definition) is 5. The fourth-order valence-electron chi connectivity index (χ4n) is 5.50. The Balaban J connectivity index is 3.37. The second-order valence-corrected chi connectivity index (χ2v) is 12.8. The average molecular weight is 596 g/mol. The molecule has 0 fully saturated rings. The van der Waals surface area contributed by atoms with E-state index in [0.717, 1.165) is 51.5 Å². The van der Waals surface area contributed by atoms with Crippen LogP contribution in [0.3, 0.4) is 0 Å². The maximum Gasteiger partial charge on any atom is 0.320 e. The van der Waals surface area contributed by atoms with Crippen molar-refractivity contribution in [1.82, 2.24) is 4.90 Å². The highest BCUT2D eigenvalue weighted by molar-refractivity contribution is 5.71. The highest BCUT2D eigenvalue weighted by Gasteiger charge is 2.08. The van der Waals surface area contributed by atoms with Crippen LogP contribution in [-0.4, -0.2) is 50.2 Å². The van der Waals surface area contributed by atoms with E-state index < -0.39 is 0 Å². The number of carbonyl (C=O) groups excluding carboxylic acids is 2. The monoisotopic (exact) mass is 596 g/mol. The first-order valence-corrected chi connectivity index (χ1v) is 18.6. The zero-order valence-corrected chi connectivity index (χ0v) is 28.7. The maximum absolute atomic E-state index is 12.1. The number of likely N-dealkylation sites (N-methyl/N-ethyl adjacent to an activating group) is 1. The number of rotatable bonds is 34. The molecule has 0 N–H and O–H groups in total. The Morgan fingerprint density at radius 1 is 0.429 bits per heavy atom. The lowest BCUT2D eigenvalue weighted by Gasteiger charge is -2.15. The standard InChI is InChI=1S/C37H73NO4/c1-4-6-8-10-12-14-16-18-20-22-24-29-33-41-36(39)31-27-26-28-32-38(3)35-37(40)42-34-30-25-23-21-19-17-15-13-11-9-7-5-2/h4-35H2,1-3H3. The SMILES string of the molecule is CCCCCCCCCCCCCCOC(=O)CCCCCN(C)CC(=O)OCCCCCCCCCCCCCC. The molecule has 0 unspecified atom stereocenters. The number of esters is 2. The molecule has 0 saturated carbocycles. The van der Waals surface area contributed by atoms with Crippen LogP contribution in [0.4, 0.5) is 0 Å². The minimum absolute atomic E-state index is 0.0622. The minimum atomic E-state index is -0.123. The van der Waals surface area contributed by atoms with Crippen molar-refractivity contribution >= 4 is 11.9 Å². The molecule has 0 aromatic heterocycles. The third-order valence-corrected chi connectivity index (χ3v) is 8.34. The normalized spacial score (nSPS) is 11.3. The Bertz CT molecular complexity index is 568. The average Bonchev–Trinajstić information content (AvgIpc) is 2.97. The van der Waals surface area contributed by atoms with Gasteiger partial charge in [-0.25, -0.2) is 0 Å². The van der Waals surface area contributed by atoms with E-state index >= 15 is 0 Å². The first kappa shape index (κ1) is 40.9. The van der Waals surface area contributed by atoms with Gasteiger partial charge < -0.3 is 9.47 Å². The number of carbonyl (C=O) groups is 2. The Morgan fingerprint density at radius 2 is 0.762 bits per heavy atom. The van der Waals surface area contributed by atoms with Gasteiger partial charge in [0.25, 0.3) is 0 Å². The van der Waals surface area contributed by atoms with Gasteiger partial charge in [-0.1, -0.05) is 162 Å². The second kappa shape index (κ2) is 34.4. The predicted octanol–water partition coefficient (Wildman–Crippen LogP) is 11.0. The van der Waals surface area contributed by atoms with Gasteiger partial charge in [-0.05, 0) is 39.3 Å². The number of hydrogen-bond donors (Lipinski definition) is 0. The fourth-order valence-corrected chi connectivity index (χ4v) is 5.50. The van der Waals surface area contributed by atoms with Crippen molar-refractivity contribution in [2.45, 2.75) is 194 Å². The quantitative estimate of drug-likeness (QED) is 0.0547. The third-order valence-electron chi connectivity index (χ3n) is 8.34. The lowest BCUT2D eigenvalue weighted by atomic mass is 10.1. The summed E-state index contributed by atoms with van der Waals surface area (Å²) in [7, 11) is 1.97. The van der Waals surface area contributed by atoms with Gasteiger partial charge in [-0.15, -0.1) is 0 Å². The van der Waals surface area contributed by atoms with E-state index in [1.165, 1.54) is 128 Å². The van der Waals surface area contributed by atoms with Crippen LogP contribution in [0, 0.1) is 0 Å². The van der Waals surface area contributed by atoms with Crippen molar-refractivity contribution in [3.8, 4) is 0 Å². The largest absolute Gasteiger partial charge is 0.466 e. The van der Waals surface area contributed by atoms with E-state index in [-0.39, 0.29) is 11.9 Å². The lowest BCUT2D eigenvalue weighted by Crippen LogP contribution is -2.28. The zero-order chi connectivity index (χ0) is 30.8. The molecule has 0 aliphatic heterocycles. The summed E-state index contributed by atoms with van der Waals surface area (Å²) in [6.07, 6.45) is 34.8. The van der Waals surface area contributed by atoms with Gasteiger partial charge in [0.05, 0.1) is 19.8 Å². The number of unbranched alkanes of at least 4 members (excludes halogenated alkanes) is 24. The molecule has 0 aliphatic rings. The minimum Gasteiger partial charge on any atom is -0.466 e. The lowest BCUT2D eigenvalue weighted by molar-refractivity contribution is -0.145. The fraction of sp³-hybridized carbons (Fsp3) is 0.946. The molecular formula is C37H73NO4. The summed E-state index contributed by atoms with van der Waals surface area (Å²) in [6, 6.07) is 0. The van der Waals surface area contributed by atoms with Gasteiger partial charge in [0, 0.05) is 6.42 Å². The van der Waals surface area contributed by atoms with Crippen molar-refractivity contribution in [2.24, 2.45) is 0 Å². The van der Waals surface area contributed by atoms with Crippen LogP contribution in [-0.2, 0) is 19.1 Å². The summed E-state index contributed by atoms with van der Waals surface area (Å²) in [4.78, 5) is 26.1. The highest BCUT2D eigenvalue weighted by atomic mass is 16.5. The van der Waals surface area contributed by atoms with Gasteiger partial charge in [-0.3, -0.25) is 14.5 Å². The first-order valence-electron chi connectivity index (χ1n) is 18.6. The topological polar surface area (TPSA) is 55.8 Å². The summed E-state index contributed by atoms with van der Waals surface area (Å²) in [5.74, 6) is -0.185. The molecular weight excluding hydrogens is 522 g/mol. The molecule has 42 heavy (non-hydrogen) atoms. The smallest absolute Gasteiger partial charge is 0.320 e. The number of ether oxygens (including phenoxy) is 2. The van der Waals surface area contributed by atoms with Crippen molar-refractivity contribution in [1.29, 1.82) is 0 Å². The van der Waals surface area contributed by atoms with Gasteiger partial charge in [0.1, 0.15) is 0 Å². The molecule has 5 heteroatoms. The van der Waals surface area contributed by atoms with Gasteiger partial charge in [0.15, 0.2) is 0 Å². The maximum atomic E-state index is 12.1. The molecule has 0 atom stereocenters. The molecule has 0 bridgehead atoms. The Kier molecular flexibility index (Phi) is 33.5. The molecule has 0 rings (SSSR count). The predicted molar refractivity (Wildman–Crippen MR) is 180 cm³/mol. The molecule has 0 aromatic rings. The summed E-state index contributed by atoms with van der Waals surface area (Å²) in [6.45, 7) is 6.85. The van der Waals surface area contributed by atoms with Gasteiger partial charge in [0.2, 0.25) is 0 Å². The summed E-state index contributed by atoms with van der Waals surface area (Å²) in [5.41, 5.74) is 0. The van der Waals surface area contributed by atoms with Crippen molar-refractivity contribution in [3.63, 3.8) is 0 Å². The molecule has 0 spiro atoms. The van der Waals surface area contributed by atoms with Crippen LogP contribution >= 0.6 is 0 Å². The first-order chi connectivity index (χ1) is 20.6. The molecule has 0 saturated heterocycles. The summed E-state index contributed by atoms with van der Waals surface area (Å²) < 4.78 is 10.8. The van der Waals surface area contributed by atoms with Crippen LogP contribution in [0.2, 0.25) is 0 Å². The van der Waals surface area contributed by atoms with Crippen LogP contribution in [0.25, 0.3) is 0 Å². The second-order valence-electron chi connectivity index (χ2n) is 12.8. The summed E-state index contributed by atoms with van der Waals surface area (Å²) >= 11 is 0. The Hall–Kier alpha value is -1.10. The molecule has 0 aliphatic carbocycles. The van der Waals surface area contributed by atoms with E-state index in [2.05, 4.69) is 13.8 Å². The molecule has 250 valence electrons. The van der Waals surface area contributed by atoms with E-state index in [0.29, 0.717) is 26.2 Å². The molecule has 0 aromatic carbocycles. The highest BCUT2D eigenvalue weighted by Crippen LogP contribution is 2.13. The van der Waals surface area contributed by atoms with Gasteiger partial charge >= 0.3 is 11.9 Å². The van der Waals surface area contributed by atoms with E-state index in [1.807, 2.05) is 11.9 Å². The molecule has 0 radical (unpaired) electrons. The van der Waals surface area contributed by atoms with Crippen LogP contribution in [0.5, 0.6) is 0 Å². The summed E-state index contributed by atoms with van der Waals surface area (Å²) in [5, 5.41) is 0. The van der Waals surface area contributed by atoms with Crippen molar-refractivity contribution in [3.05, 3.63) is 0 Å². The van der Waals surface area contributed by atoms with Gasteiger partial charge in [-0.2, -0.15) is 0 Å². The molecule has 5 nitrogen and oxygen atoms in total. The zero-order valence-electron chi connectivity index (χ0n) is 28.7. The van der Waals surface area contributed by atoms with Crippen LogP contribution in [0.15, 0.2) is 0 Å². The Morgan fingerprint density at radius 3 is 1.17 bits per heavy atom. The van der Waals surface area contributed by atoms with Crippen molar-refractivity contribution < 1.29 is 19.1 Å². The molecule has 0 amide bonds. The van der Waals surface area contributed by atoms with Crippen LogP contribution in [0.1, 0.15) is 194 Å². The van der Waals surface area contributed by atoms with E-state index in [1.54, 1.807) is 0 Å². The Labute approximate surface area is 262 Å². The van der Waals surface area contributed by atoms with Crippen LogP contribution < -0.4 is 0 Å². The third kappa shape index (κ3) is 33.4. The number of nitrogens with zero attached hydrogens (tertiary/aromatic N) is 1.